The molecule has 0 spiro atoms. The molecule has 134 valence electrons. The highest BCUT2D eigenvalue weighted by atomic mass is 32.1. The van der Waals surface area contributed by atoms with Crippen molar-refractivity contribution in [2.24, 2.45) is 7.05 Å². The number of nitrogens with zero attached hydrogens (tertiary/aromatic N) is 2. The molecule has 1 aliphatic rings. The quantitative estimate of drug-likeness (QED) is 0.751. The number of imidazole rings is 1. The van der Waals surface area contributed by atoms with Gasteiger partial charge in [0.25, 0.3) is 5.91 Å². The van der Waals surface area contributed by atoms with Gasteiger partial charge in [0.05, 0.1) is 10.6 Å². The van der Waals surface area contributed by atoms with Crippen molar-refractivity contribution >= 4 is 17.2 Å². The van der Waals surface area contributed by atoms with Crippen LogP contribution >= 0.6 is 11.3 Å². The van der Waals surface area contributed by atoms with E-state index in [1.54, 1.807) is 17.4 Å². The highest BCUT2D eigenvalue weighted by Crippen LogP contribution is 2.30. The molecule has 0 radical (unpaired) electrons. The fourth-order valence-electron chi connectivity index (χ4n) is 2.84. The predicted molar refractivity (Wildman–Crippen MR) is 99.6 cm³/mol. The largest absolute Gasteiger partial charge is 0.485 e. The average molecular weight is 369 g/mol. The molecule has 1 N–H and O–H groups in total. The molecule has 0 unspecified atom stereocenters. The van der Waals surface area contributed by atoms with Crippen molar-refractivity contribution in [3.05, 3.63) is 53.8 Å². The van der Waals surface area contributed by atoms with E-state index in [9.17, 15) is 4.79 Å². The number of benzene rings is 1. The Kier molecular flexibility index (Phi) is 4.62. The first-order valence-electron chi connectivity index (χ1n) is 8.43. The van der Waals surface area contributed by atoms with Crippen LogP contribution in [0.25, 0.3) is 10.6 Å². The number of carbonyl (C=O) groups excluding carboxylic acids is 1. The van der Waals surface area contributed by atoms with E-state index < -0.39 is 6.10 Å². The van der Waals surface area contributed by atoms with E-state index in [1.165, 1.54) is 0 Å². The molecular weight excluding hydrogens is 350 g/mol. The zero-order chi connectivity index (χ0) is 17.9. The Labute approximate surface area is 155 Å². The number of nitrogens with one attached hydrogen (secondary N) is 1. The summed E-state index contributed by atoms with van der Waals surface area (Å²) in [6.07, 6.45) is 2.03. The highest BCUT2D eigenvalue weighted by Gasteiger charge is 2.26. The number of thiophene rings is 1. The zero-order valence-corrected chi connectivity index (χ0v) is 15.2. The van der Waals surface area contributed by atoms with Gasteiger partial charge in [-0.3, -0.25) is 4.79 Å². The molecule has 3 aromatic rings. The zero-order valence-electron chi connectivity index (χ0n) is 14.3. The van der Waals surface area contributed by atoms with E-state index in [2.05, 4.69) is 16.4 Å². The second kappa shape index (κ2) is 7.21. The monoisotopic (exact) mass is 369 g/mol. The van der Waals surface area contributed by atoms with E-state index in [0.717, 1.165) is 16.4 Å². The van der Waals surface area contributed by atoms with Gasteiger partial charge in [-0.2, -0.15) is 0 Å². The predicted octanol–water partition coefficient (Wildman–Crippen LogP) is 2.65. The molecule has 3 heterocycles. The number of aryl methyl sites for hydroxylation is 1. The molecule has 1 amide bonds. The summed E-state index contributed by atoms with van der Waals surface area (Å²) in [4.78, 5) is 18.1. The number of fused-ring (bicyclic) bond motifs is 1. The van der Waals surface area contributed by atoms with Gasteiger partial charge < -0.3 is 19.4 Å². The molecule has 0 fully saturated rings. The molecule has 0 saturated carbocycles. The van der Waals surface area contributed by atoms with Gasteiger partial charge in [-0.1, -0.05) is 18.2 Å². The topological polar surface area (TPSA) is 65.4 Å². The van der Waals surface area contributed by atoms with Crippen molar-refractivity contribution in [3.63, 3.8) is 0 Å². The second-order valence-electron chi connectivity index (χ2n) is 6.04. The minimum absolute atomic E-state index is 0.174. The van der Waals surface area contributed by atoms with Crippen LogP contribution in [0, 0.1) is 0 Å². The Bertz CT molecular complexity index is 905. The maximum absolute atomic E-state index is 12.3. The van der Waals surface area contributed by atoms with Crippen LogP contribution in [0.2, 0.25) is 0 Å². The van der Waals surface area contributed by atoms with Crippen LogP contribution in [0.1, 0.15) is 5.82 Å². The van der Waals surface area contributed by atoms with Crippen LogP contribution in [-0.2, 0) is 18.3 Å². The number of aromatic nitrogens is 2. The van der Waals surface area contributed by atoms with Gasteiger partial charge in [0.15, 0.2) is 11.5 Å². The van der Waals surface area contributed by atoms with Crippen molar-refractivity contribution < 1.29 is 14.3 Å². The number of carbonyl (C=O) groups is 1. The third-order valence-electron chi connectivity index (χ3n) is 4.20. The van der Waals surface area contributed by atoms with E-state index in [-0.39, 0.29) is 12.5 Å². The molecular formula is C19H19N3O3S. The van der Waals surface area contributed by atoms with Crippen molar-refractivity contribution in [2.75, 3.05) is 13.2 Å². The lowest BCUT2D eigenvalue weighted by Gasteiger charge is -2.25. The van der Waals surface area contributed by atoms with Gasteiger partial charge >= 0.3 is 0 Å². The molecule has 6 nitrogen and oxygen atoms in total. The van der Waals surface area contributed by atoms with Crippen LogP contribution < -0.4 is 14.8 Å². The fraction of sp³-hybridized carbons (Fsp3) is 0.263. The van der Waals surface area contributed by atoms with Gasteiger partial charge in [-0.15, -0.1) is 11.3 Å². The van der Waals surface area contributed by atoms with Crippen molar-refractivity contribution in [1.29, 1.82) is 0 Å². The van der Waals surface area contributed by atoms with Crippen LogP contribution in [-0.4, -0.2) is 34.7 Å². The first-order chi connectivity index (χ1) is 12.7. The maximum Gasteiger partial charge on any atom is 0.264 e. The Morgan fingerprint density at radius 2 is 2.15 bits per heavy atom. The Morgan fingerprint density at radius 1 is 1.31 bits per heavy atom. The van der Waals surface area contributed by atoms with E-state index in [4.69, 9.17) is 9.47 Å². The fourth-order valence-corrected chi connectivity index (χ4v) is 3.52. The smallest absolute Gasteiger partial charge is 0.264 e. The van der Waals surface area contributed by atoms with Gasteiger partial charge in [0.1, 0.15) is 12.4 Å². The molecule has 4 rings (SSSR count). The lowest BCUT2D eigenvalue weighted by molar-refractivity contribution is -0.130. The molecule has 0 aliphatic carbocycles. The number of ether oxygens (including phenoxy) is 2. The Hall–Kier alpha value is -2.80. The van der Waals surface area contributed by atoms with E-state index >= 15 is 0 Å². The molecule has 0 bridgehead atoms. The lowest BCUT2D eigenvalue weighted by Crippen LogP contribution is -2.44. The number of para-hydroxylation sites is 2. The third-order valence-corrected chi connectivity index (χ3v) is 5.09. The highest BCUT2D eigenvalue weighted by molar-refractivity contribution is 7.13. The summed E-state index contributed by atoms with van der Waals surface area (Å²) in [5.74, 6) is 2.03. The summed E-state index contributed by atoms with van der Waals surface area (Å²) in [6.45, 7) is 0.711. The summed E-state index contributed by atoms with van der Waals surface area (Å²) in [6, 6.07) is 11.4. The summed E-state index contributed by atoms with van der Waals surface area (Å²) in [5.41, 5.74) is 0.962. The van der Waals surface area contributed by atoms with Crippen molar-refractivity contribution in [1.82, 2.24) is 14.9 Å². The van der Waals surface area contributed by atoms with Crippen molar-refractivity contribution in [2.45, 2.75) is 12.5 Å². The second-order valence-corrected chi connectivity index (χ2v) is 6.98. The number of amides is 1. The van der Waals surface area contributed by atoms with Crippen LogP contribution in [0.5, 0.6) is 11.5 Å². The van der Waals surface area contributed by atoms with Crippen LogP contribution in [0.15, 0.2) is 48.0 Å². The SMILES string of the molecule is Cn1cc(-c2cccs2)nc1CCNC(=O)[C@@H]1COc2ccccc2O1. The van der Waals surface area contributed by atoms with E-state index in [1.807, 2.05) is 47.5 Å². The van der Waals surface area contributed by atoms with Crippen molar-refractivity contribution in [3.8, 4) is 22.1 Å². The molecule has 2 aromatic heterocycles. The molecule has 7 heteroatoms. The Balaban J connectivity index is 1.32. The normalized spacial score (nSPS) is 15.7. The minimum Gasteiger partial charge on any atom is -0.485 e. The standard InChI is InChI=1S/C19H19N3O3S/c1-22-11-13(17-7-4-10-26-17)21-18(22)8-9-20-19(23)16-12-24-14-5-2-3-6-15(14)25-16/h2-7,10-11,16H,8-9,12H2,1H3,(H,20,23)/t16-/m0/s1. The minimum atomic E-state index is -0.632. The first kappa shape index (κ1) is 16.7. The van der Waals surface area contributed by atoms with E-state index in [0.29, 0.717) is 24.5 Å². The first-order valence-corrected chi connectivity index (χ1v) is 9.31. The molecule has 1 aliphatic heterocycles. The summed E-state index contributed by atoms with van der Waals surface area (Å²) < 4.78 is 13.3. The Morgan fingerprint density at radius 3 is 2.96 bits per heavy atom. The van der Waals surface area contributed by atoms with Gasteiger partial charge in [0, 0.05) is 26.2 Å². The number of hydrogen-bond donors (Lipinski definition) is 1. The van der Waals surface area contributed by atoms with Crippen LogP contribution in [0.4, 0.5) is 0 Å². The summed E-state index contributed by atoms with van der Waals surface area (Å²) >= 11 is 1.66. The molecule has 0 saturated heterocycles. The van der Waals surface area contributed by atoms with Crippen LogP contribution in [0.3, 0.4) is 0 Å². The maximum atomic E-state index is 12.3. The summed E-state index contributed by atoms with van der Waals surface area (Å²) in [7, 11) is 1.97. The molecule has 1 atom stereocenters. The van der Waals surface area contributed by atoms with Gasteiger partial charge in [-0.05, 0) is 23.6 Å². The summed E-state index contributed by atoms with van der Waals surface area (Å²) in [5, 5.41) is 4.94. The van der Waals surface area contributed by atoms with Gasteiger partial charge in [0.2, 0.25) is 6.10 Å². The van der Waals surface area contributed by atoms with Gasteiger partial charge in [-0.25, -0.2) is 4.98 Å². The molecule has 26 heavy (non-hydrogen) atoms. The molecule has 1 aromatic carbocycles. The third kappa shape index (κ3) is 3.43. The average Bonchev–Trinajstić information content (AvgIpc) is 3.31. The number of rotatable bonds is 5. The lowest BCUT2D eigenvalue weighted by atomic mass is 10.2. The number of hydrogen-bond acceptors (Lipinski definition) is 5.